The molecule has 18 rings (SSSR count). The number of fused-ring (bicyclic) bond motifs is 8. The Morgan fingerprint density at radius 1 is 0.380 bits per heavy atom. The molecule has 766 valence electrons. The van der Waals surface area contributed by atoms with Crippen molar-refractivity contribution < 1.29 is 47.8 Å². The van der Waals surface area contributed by atoms with Gasteiger partial charge in [0.05, 0.1) is 34.1 Å². The molecule has 9 aromatic heterocycles. The highest BCUT2D eigenvalue weighted by Gasteiger charge is 2.51. The Kier molecular flexibility index (Phi) is 37.8. The minimum Gasteiger partial charge on any atom is -0.444 e. The van der Waals surface area contributed by atoms with E-state index in [-0.39, 0.29) is 172 Å². The third kappa shape index (κ3) is 27.2. The zero-order valence-corrected chi connectivity index (χ0v) is 86.7. The first-order chi connectivity index (χ1) is 65.4. The smallest absolute Gasteiger partial charge is 0.413 e. The average molecular weight is 2240 g/mol. The number of likely N-dealkylation sites (tertiary alicyclic amines) is 5. The molecule has 0 radical (unpaired) electrons. The van der Waals surface area contributed by atoms with Crippen LogP contribution in [-0.2, 0) is 36.9 Å². The van der Waals surface area contributed by atoms with E-state index in [1.807, 2.05) is 35.2 Å². The van der Waals surface area contributed by atoms with Crippen LogP contribution in [-0.4, -0.2) is 247 Å². The lowest BCUT2D eigenvalue weighted by Gasteiger charge is -2.39. The Labute approximate surface area is 867 Å². The molecule has 46 nitrogen and oxygen atoms in total. The number of nitrogens with one attached hydrogen (secondary N) is 10. The fraction of sp³-hybridized carbons (Fsp3) is 0.437. The van der Waals surface area contributed by atoms with Crippen molar-refractivity contribution >= 4 is 226 Å². The van der Waals surface area contributed by atoms with Crippen LogP contribution >= 0.6 is 115 Å². The SMILES string of the molecule is C.CC(C)(C)OC(=O)Nc1cc(N)ncn1.CN1CCC(=O)CC1.CN1CCC2(CC1)NC(=O)c1c(Cl)cc(Br)c(=O)n12.CN1CCC2(CC1)NC(=O)c1c(Cl)cc(Nc3cc(N)ncn3)c(=O)n12.CN1CCC2(CC1)NC(=O)c1c(Cl)cc(Nc3cc(N)ncn3)c(=O)n12.CN1CCC2(CC1)NC(=O)c1c(Cl)cc(Nc3cc(NC(=O)OC(C)(C)C)ncn3)c(=O)n12.Cl.Cl.NC(=O)c1[nH]c(=O)c(Br)cc1Cl. The maximum atomic E-state index is 13.4. The number of carbonyl (C=O) groups is 8. The summed E-state index contributed by atoms with van der Waals surface area (Å²) in [5.41, 5.74) is 17.2. The number of piperidine rings is 5. The number of halogens is 9. The summed E-state index contributed by atoms with van der Waals surface area (Å²) in [5, 5.41) is 26.7. The van der Waals surface area contributed by atoms with Gasteiger partial charge in [-0.15, -0.1) is 24.8 Å². The van der Waals surface area contributed by atoms with Gasteiger partial charge in [0, 0.05) is 154 Å². The number of primary amides is 1. The van der Waals surface area contributed by atoms with Crippen LogP contribution in [0.1, 0.15) is 166 Å². The molecular weight excluding hydrogens is 2130 g/mol. The van der Waals surface area contributed by atoms with Crippen molar-refractivity contribution in [2.75, 3.05) is 144 Å². The molecule has 4 spiro atoms. The summed E-state index contributed by atoms with van der Waals surface area (Å²) in [5.74, 6) is 0.749. The Bertz CT molecular complexity index is 6420. The Morgan fingerprint density at radius 3 is 0.937 bits per heavy atom. The monoisotopic (exact) mass is 2230 g/mol. The number of hydrogen-bond acceptors (Lipinski definition) is 34. The lowest BCUT2D eigenvalue weighted by molar-refractivity contribution is -0.121. The molecule has 18 heterocycles. The van der Waals surface area contributed by atoms with Crippen molar-refractivity contribution in [2.45, 2.75) is 147 Å². The van der Waals surface area contributed by atoms with Gasteiger partial charge in [-0.05, 0) is 139 Å². The van der Waals surface area contributed by atoms with Crippen molar-refractivity contribution in [1.82, 2.24) is 109 Å². The van der Waals surface area contributed by atoms with E-state index >= 15 is 0 Å². The number of nitrogens with zero attached hydrogens (tertiary/aromatic N) is 17. The maximum Gasteiger partial charge on any atom is 0.413 e. The lowest BCUT2D eigenvalue weighted by Crippen LogP contribution is -2.53. The van der Waals surface area contributed by atoms with Crippen molar-refractivity contribution in [2.24, 2.45) is 5.73 Å². The predicted octanol–water partition coefficient (Wildman–Crippen LogP) is 9.43. The van der Waals surface area contributed by atoms with Gasteiger partial charge in [-0.2, -0.15) is 0 Å². The van der Waals surface area contributed by atoms with Gasteiger partial charge in [-0.1, -0.05) is 65.4 Å². The number of nitrogens with two attached hydrogens (primary N) is 4. The third-order valence-electron chi connectivity index (χ3n) is 23.3. The van der Waals surface area contributed by atoms with Gasteiger partial charge in [0.25, 0.3) is 57.3 Å². The molecule has 9 aliphatic rings. The van der Waals surface area contributed by atoms with Gasteiger partial charge < -0.3 is 99.1 Å². The predicted molar refractivity (Wildman–Crippen MR) is 551 cm³/mol. The first-order valence-corrected chi connectivity index (χ1v) is 46.8. The molecule has 9 aliphatic heterocycles. The minimum absolute atomic E-state index is 0. The van der Waals surface area contributed by atoms with Crippen LogP contribution in [0.3, 0.4) is 0 Å². The zero-order chi connectivity index (χ0) is 101. The van der Waals surface area contributed by atoms with E-state index in [1.165, 1.54) is 98.2 Å². The normalized spacial score (nSPS) is 17.1. The van der Waals surface area contributed by atoms with Crippen molar-refractivity contribution in [3.05, 3.63) is 194 Å². The molecule has 5 saturated heterocycles. The van der Waals surface area contributed by atoms with Crippen LogP contribution in [0.15, 0.2) is 113 Å². The van der Waals surface area contributed by atoms with Crippen LogP contribution in [0.4, 0.5) is 73.2 Å². The van der Waals surface area contributed by atoms with E-state index in [9.17, 15) is 62.3 Å². The second-order valence-electron chi connectivity index (χ2n) is 35.9. The molecule has 5 fully saturated rings. The summed E-state index contributed by atoms with van der Waals surface area (Å²) in [6, 6.07) is 13.0. The number of aromatic amines is 1. The fourth-order valence-electron chi connectivity index (χ4n) is 16.3. The number of pyridine rings is 5. The fourth-order valence-corrected chi connectivity index (χ4v) is 18.7. The van der Waals surface area contributed by atoms with Crippen LogP contribution in [0.2, 0.25) is 25.1 Å². The summed E-state index contributed by atoms with van der Waals surface area (Å²) >= 11 is 37.0. The molecule has 0 saturated carbocycles. The van der Waals surface area contributed by atoms with Crippen molar-refractivity contribution in [1.29, 1.82) is 0 Å². The standard InChI is InChI=1S/C21H26ClN7O4.2C16H18ClN7O2.C12H13BrClN3O2.C9H14N4O2.C6H4BrClN2O2.C6H11NO.CH4.2ClH/c1-20(2,3)33-19(32)26-15-10-14(23-11-24-15)25-13-9-12(22)16-17(30)27-21(29(16)18(13)31)5-7-28(4)8-6-21;2*1-23-4-2-16(3-5-23)22-14(25)13-9(17)6-10(15(26)24(13)16)21-12-7-11(18)19-8-20-12;1-16-4-2-12(3-5-16)15-10(18)9-8(14)6-7(13)11(19)17(9)12;1-9(2,3)15-8(14)13-7-4-6(10)11-5-12-7;7-2-1-3(8)4(5(9)11)10-6(2)12;1-7-4-2-6(8)3-5-7;;;/h9-11H,5-8H2,1-4H3,(H,27,30)(H2,23,24,25,26,32);2*6-8H,2-5H2,1H3,(H,22,25)(H3,18,19,20,21);6H,2-5H2,1H3,(H,15,18);4-5H,1-3H3,(H3,10,11,12,13,14);1H,(H2,9,11)(H,10,12);2-5H2,1H3;1H4;2*1H. The average Bonchev–Trinajstić information content (AvgIpc) is 1.57. The van der Waals surface area contributed by atoms with Crippen molar-refractivity contribution in [3.8, 4) is 0 Å². The number of amides is 7. The quantitative estimate of drug-likeness (QED) is 0.0639. The number of aromatic nitrogens is 13. The maximum absolute atomic E-state index is 13.4. The molecule has 0 aliphatic carbocycles. The van der Waals surface area contributed by atoms with E-state index in [4.69, 9.17) is 90.4 Å². The van der Waals surface area contributed by atoms with Crippen LogP contribution in [0.25, 0.3) is 0 Å². The molecule has 55 heteroatoms. The van der Waals surface area contributed by atoms with Gasteiger partial charge in [-0.25, -0.2) is 49.5 Å². The van der Waals surface area contributed by atoms with E-state index in [0.717, 1.165) is 78.3 Å². The largest absolute Gasteiger partial charge is 0.444 e. The minimum atomic E-state index is -0.813. The molecule has 0 bridgehead atoms. The van der Waals surface area contributed by atoms with Crippen LogP contribution in [0.5, 0.6) is 0 Å². The number of Topliss-reactive ketones (excluding diaryl/α,β-unsaturated/α-hetero) is 1. The number of H-pyrrole nitrogens is 1. The number of anilines is 11. The number of hydrogen-bond donors (Lipinski definition) is 14. The number of carbonyl (C=O) groups excluding carboxylic acids is 8. The number of ether oxygens (including phenoxy) is 2. The third-order valence-corrected chi connectivity index (χ3v) is 25.9. The molecule has 0 unspecified atom stereocenters. The first-order valence-electron chi connectivity index (χ1n) is 43.4. The van der Waals surface area contributed by atoms with E-state index in [1.54, 1.807) is 41.5 Å². The van der Waals surface area contributed by atoms with Crippen LogP contribution in [0, 0.1) is 0 Å². The molecule has 9 aromatic rings. The number of ketones is 1. The summed E-state index contributed by atoms with van der Waals surface area (Å²) in [6.45, 7) is 18.7. The molecular formula is C87H110Br2Cl7N31O15. The lowest BCUT2D eigenvalue weighted by atomic mass is 9.97. The van der Waals surface area contributed by atoms with Gasteiger partial charge in [0.2, 0.25) is 0 Å². The summed E-state index contributed by atoms with van der Waals surface area (Å²) in [6.07, 6.45) is 10.5. The second-order valence-corrected chi connectivity index (χ2v) is 39.7. The number of rotatable bonds is 9. The molecule has 0 atom stereocenters. The molecule has 142 heavy (non-hydrogen) atoms. The second kappa shape index (κ2) is 47.2. The van der Waals surface area contributed by atoms with Gasteiger partial charge in [-0.3, -0.25) is 81.6 Å². The van der Waals surface area contributed by atoms with E-state index in [2.05, 4.69) is 149 Å². The Hall–Kier alpha value is -11.8. The Balaban J connectivity index is 0.000000191. The number of nitrogen functional groups attached to an aromatic ring is 3. The van der Waals surface area contributed by atoms with Gasteiger partial charge >= 0.3 is 12.2 Å². The highest BCUT2D eigenvalue weighted by atomic mass is 79.9. The Morgan fingerprint density at radius 2 is 0.641 bits per heavy atom. The van der Waals surface area contributed by atoms with E-state index in [0.29, 0.717) is 84.1 Å². The first kappa shape index (κ1) is 114. The topological polar surface area (TPSA) is 608 Å². The summed E-state index contributed by atoms with van der Waals surface area (Å²) in [4.78, 5) is 202. The van der Waals surface area contributed by atoms with Crippen molar-refractivity contribution in [3.63, 3.8) is 0 Å². The summed E-state index contributed by atoms with van der Waals surface area (Å²) < 4.78 is 16.9. The van der Waals surface area contributed by atoms with E-state index < -0.39 is 63.1 Å². The molecule has 7 amide bonds. The molecule has 18 N–H and O–H groups in total. The van der Waals surface area contributed by atoms with Gasteiger partial charge in [0.15, 0.2) is 0 Å². The highest BCUT2D eigenvalue weighted by Crippen LogP contribution is 2.41. The highest BCUT2D eigenvalue weighted by molar-refractivity contribution is 9.10. The zero-order valence-electron chi connectivity index (χ0n) is 78.1. The van der Waals surface area contributed by atoms with Gasteiger partial charge in [0.1, 0.15) is 157 Å². The van der Waals surface area contributed by atoms with Crippen LogP contribution < -0.4 is 98.6 Å². The molecule has 0 aromatic carbocycles. The summed E-state index contributed by atoms with van der Waals surface area (Å²) in [7, 11) is 10.1.